The molecule has 7 heteroatoms. The average Bonchev–Trinajstić information content (AvgIpc) is 3.22. The molecule has 0 spiro atoms. The summed E-state index contributed by atoms with van der Waals surface area (Å²) in [6, 6.07) is 9.38. The van der Waals surface area contributed by atoms with Gasteiger partial charge in [0, 0.05) is 32.0 Å². The Morgan fingerprint density at radius 2 is 2.11 bits per heavy atom. The number of amides is 2. The lowest BCUT2D eigenvalue weighted by atomic mass is 10.1. The molecule has 1 fully saturated rings. The number of carbonyl (C=O) groups excluding carboxylic acids is 2. The van der Waals surface area contributed by atoms with Crippen molar-refractivity contribution in [2.24, 2.45) is 5.92 Å². The lowest BCUT2D eigenvalue weighted by molar-refractivity contribution is -0.134. The summed E-state index contributed by atoms with van der Waals surface area (Å²) < 4.78 is 1.79. The van der Waals surface area contributed by atoms with Crippen LogP contribution in [-0.2, 0) is 16.1 Å². The average molecular weight is 383 g/mol. The van der Waals surface area contributed by atoms with Gasteiger partial charge in [-0.25, -0.2) is 4.68 Å². The van der Waals surface area contributed by atoms with Crippen molar-refractivity contribution in [3.63, 3.8) is 0 Å². The number of piperazine rings is 1. The summed E-state index contributed by atoms with van der Waals surface area (Å²) in [5, 5.41) is 10.0. The fourth-order valence-corrected chi connectivity index (χ4v) is 3.31. The van der Waals surface area contributed by atoms with Crippen LogP contribution in [-0.4, -0.2) is 52.2 Å². The number of carbonyl (C=O) groups is 2. The number of benzene rings is 1. The van der Waals surface area contributed by atoms with Crippen LogP contribution < -0.4 is 10.6 Å². The van der Waals surface area contributed by atoms with Crippen molar-refractivity contribution in [2.45, 2.75) is 39.3 Å². The quantitative estimate of drug-likeness (QED) is 0.728. The van der Waals surface area contributed by atoms with Gasteiger partial charge in [-0.3, -0.25) is 14.5 Å². The number of aromatic nitrogens is 2. The van der Waals surface area contributed by atoms with Gasteiger partial charge in [0.2, 0.25) is 11.8 Å². The van der Waals surface area contributed by atoms with Gasteiger partial charge in [-0.05, 0) is 42.6 Å². The van der Waals surface area contributed by atoms with Crippen molar-refractivity contribution in [1.82, 2.24) is 25.3 Å². The van der Waals surface area contributed by atoms with Crippen molar-refractivity contribution in [3.05, 3.63) is 48.3 Å². The lowest BCUT2D eigenvalue weighted by Gasteiger charge is -2.35. The van der Waals surface area contributed by atoms with Crippen molar-refractivity contribution < 1.29 is 9.59 Å². The second kappa shape index (κ2) is 9.50. The van der Waals surface area contributed by atoms with Crippen molar-refractivity contribution in [3.8, 4) is 5.69 Å². The Balaban J connectivity index is 1.51. The molecular weight excluding hydrogens is 354 g/mol. The van der Waals surface area contributed by atoms with E-state index in [-0.39, 0.29) is 24.3 Å². The van der Waals surface area contributed by atoms with Gasteiger partial charge < -0.3 is 10.6 Å². The van der Waals surface area contributed by atoms with E-state index in [1.807, 2.05) is 36.5 Å². The summed E-state index contributed by atoms with van der Waals surface area (Å²) in [6.07, 6.45) is 4.83. The Morgan fingerprint density at radius 3 is 2.79 bits per heavy atom. The summed E-state index contributed by atoms with van der Waals surface area (Å²) in [4.78, 5) is 26.8. The van der Waals surface area contributed by atoms with E-state index < -0.39 is 0 Å². The third kappa shape index (κ3) is 5.42. The van der Waals surface area contributed by atoms with E-state index in [1.165, 1.54) is 0 Å². The third-order valence-electron chi connectivity index (χ3n) is 5.01. The molecule has 7 nitrogen and oxygen atoms in total. The predicted molar refractivity (Wildman–Crippen MR) is 108 cm³/mol. The summed E-state index contributed by atoms with van der Waals surface area (Å²) in [7, 11) is 0. The van der Waals surface area contributed by atoms with E-state index in [0.29, 0.717) is 19.0 Å². The van der Waals surface area contributed by atoms with E-state index in [0.717, 1.165) is 30.8 Å². The summed E-state index contributed by atoms with van der Waals surface area (Å²) in [6.45, 7) is 7.08. The number of rotatable bonds is 8. The smallest absolute Gasteiger partial charge is 0.237 e. The summed E-state index contributed by atoms with van der Waals surface area (Å²) in [5.74, 6) is 0.422. The van der Waals surface area contributed by atoms with Gasteiger partial charge in [0.1, 0.15) is 0 Å². The van der Waals surface area contributed by atoms with Crippen LogP contribution in [0.4, 0.5) is 0 Å². The molecule has 0 bridgehead atoms. The fourth-order valence-electron chi connectivity index (χ4n) is 3.31. The number of hydrogen-bond donors (Lipinski definition) is 2. The van der Waals surface area contributed by atoms with Crippen molar-refractivity contribution in [2.75, 3.05) is 19.6 Å². The molecule has 1 atom stereocenters. The second-order valence-electron chi connectivity index (χ2n) is 7.62. The zero-order chi connectivity index (χ0) is 19.9. The first kappa shape index (κ1) is 20.1. The standard InChI is InChI=1S/C21H29N5O2/c1-16(2)8-12-25-13-10-22-21(28)19(25)14-20(27)23-15-17-4-6-18(7-5-17)26-11-3-9-24-26/h3-7,9,11,16,19H,8,10,12-15H2,1-2H3,(H,22,28)(H,23,27). The van der Waals surface area contributed by atoms with Crippen LogP contribution in [0.1, 0.15) is 32.3 Å². The lowest BCUT2D eigenvalue weighted by Crippen LogP contribution is -2.56. The third-order valence-corrected chi connectivity index (χ3v) is 5.01. The first-order valence-corrected chi connectivity index (χ1v) is 9.90. The molecule has 0 saturated carbocycles. The van der Waals surface area contributed by atoms with Gasteiger partial charge in [0.25, 0.3) is 0 Å². The molecular formula is C21H29N5O2. The molecule has 2 N–H and O–H groups in total. The Hall–Kier alpha value is -2.67. The molecule has 1 aliphatic heterocycles. The van der Waals surface area contributed by atoms with Crippen LogP contribution in [0.15, 0.2) is 42.7 Å². The second-order valence-corrected chi connectivity index (χ2v) is 7.62. The molecule has 2 aromatic rings. The van der Waals surface area contributed by atoms with Gasteiger partial charge in [-0.2, -0.15) is 5.10 Å². The molecule has 1 aromatic carbocycles. The normalized spacial score (nSPS) is 17.5. The largest absolute Gasteiger partial charge is 0.353 e. The maximum atomic E-state index is 12.4. The molecule has 1 aromatic heterocycles. The Morgan fingerprint density at radius 1 is 1.32 bits per heavy atom. The zero-order valence-corrected chi connectivity index (χ0v) is 16.6. The van der Waals surface area contributed by atoms with E-state index in [2.05, 4.69) is 34.5 Å². The Bertz CT molecular complexity index is 771. The first-order valence-electron chi connectivity index (χ1n) is 9.90. The molecule has 3 rings (SSSR count). The first-order chi connectivity index (χ1) is 13.5. The van der Waals surface area contributed by atoms with E-state index in [4.69, 9.17) is 0 Å². The Labute approximate surface area is 166 Å². The minimum atomic E-state index is -0.380. The molecule has 150 valence electrons. The number of nitrogens with one attached hydrogen (secondary N) is 2. The number of nitrogens with zero attached hydrogens (tertiary/aromatic N) is 3. The van der Waals surface area contributed by atoms with Gasteiger partial charge >= 0.3 is 0 Å². The van der Waals surface area contributed by atoms with Crippen LogP contribution in [0.2, 0.25) is 0 Å². The van der Waals surface area contributed by atoms with E-state index >= 15 is 0 Å². The minimum Gasteiger partial charge on any atom is -0.353 e. The molecule has 1 saturated heterocycles. The highest BCUT2D eigenvalue weighted by Gasteiger charge is 2.31. The highest BCUT2D eigenvalue weighted by atomic mass is 16.2. The van der Waals surface area contributed by atoms with Crippen LogP contribution in [0.3, 0.4) is 0 Å². The van der Waals surface area contributed by atoms with E-state index in [9.17, 15) is 9.59 Å². The van der Waals surface area contributed by atoms with Crippen LogP contribution >= 0.6 is 0 Å². The summed E-state index contributed by atoms with van der Waals surface area (Å²) >= 11 is 0. The summed E-state index contributed by atoms with van der Waals surface area (Å²) in [5.41, 5.74) is 1.98. The maximum Gasteiger partial charge on any atom is 0.237 e. The minimum absolute atomic E-state index is 0.0475. The maximum absolute atomic E-state index is 12.4. The molecule has 2 heterocycles. The monoisotopic (exact) mass is 383 g/mol. The van der Waals surface area contributed by atoms with Crippen LogP contribution in [0, 0.1) is 5.92 Å². The number of hydrogen-bond acceptors (Lipinski definition) is 4. The Kier molecular flexibility index (Phi) is 6.81. The fraction of sp³-hybridized carbons (Fsp3) is 0.476. The van der Waals surface area contributed by atoms with E-state index in [1.54, 1.807) is 10.9 Å². The van der Waals surface area contributed by atoms with Crippen molar-refractivity contribution >= 4 is 11.8 Å². The van der Waals surface area contributed by atoms with Gasteiger partial charge in [-0.1, -0.05) is 26.0 Å². The van der Waals surface area contributed by atoms with Gasteiger partial charge in [0.15, 0.2) is 0 Å². The molecule has 0 radical (unpaired) electrons. The van der Waals surface area contributed by atoms with Crippen LogP contribution in [0.25, 0.3) is 5.69 Å². The molecule has 0 aliphatic carbocycles. The van der Waals surface area contributed by atoms with Crippen molar-refractivity contribution in [1.29, 1.82) is 0 Å². The molecule has 1 aliphatic rings. The zero-order valence-electron chi connectivity index (χ0n) is 16.6. The molecule has 28 heavy (non-hydrogen) atoms. The van der Waals surface area contributed by atoms with Crippen LogP contribution in [0.5, 0.6) is 0 Å². The highest BCUT2D eigenvalue weighted by molar-refractivity contribution is 5.88. The SMILES string of the molecule is CC(C)CCN1CCNC(=O)C1CC(=O)NCc1ccc(-n2cccn2)cc1. The highest BCUT2D eigenvalue weighted by Crippen LogP contribution is 2.13. The molecule has 2 amide bonds. The topological polar surface area (TPSA) is 79.3 Å². The predicted octanol–water partition coefficient (Wildman–Crippen LogP) is 1.73. The van der Waals surface area contributed by atoms with Gasteiger partial charge in [-0.15, -0.1) is 0 Å². The van der Waals surface area contributed by atoms with Gasteiger partial charge in [0.05, 0.1) is 18.2 Å². The molecule has 1 unspecified atom stereocenters.